The van der Waals surface area contributed by atoms with Crippen molar-refractivity contribution in [3.63, 3.8) is 0 Å². The summed E-state index contributed by atoms with van der Waals surface area (Å²) in [6, 6.07) is 5.58. The molecule has 0 aliphatic carbocycles. The maximum atomic E-state index is 12.2. The zero-order valence-electron chi connectivity index (χ0n) is 20.5. The van der Waals surface area contributed by atoms with Crippen molar-refractivity contribution in [3.8, 4) is 11.4 Å². The molecule has 2 saturated heterocycles. The third-order valence-corrected chi connectivity index (χ3v) is 6.62. The van der Waals surface area contributed by atoms with E-state index < -0.39 is 0 Å². The predicted octanol–water partition coefficient (Wildman–Crippen LogP) is 2.42. The number of rotatable bonds is 7. The van der Waals surface area contributed by atoms with E-state index >= 15 is 0 Å². The molecule has 0 radical (unpaired) electrons. The van der Waals surface area contributed by atoms with Crippen LogP contribution in [-0.2, 0) is 11.2 Å². The maximum absolute atomic E-state index is 12.2. The van der Waals surface area contributed by atoms with Gasteiger partial charge >= 0.3 is 0 Å². The standard InChI is InChI=1S/C24H28N10O3/c1-2-15-12-20(31-30-15)27-19-14-21(33-8-10-36-11-9-33)29-24(28-19)34-7-3-4-17(34)18-13-16(32-37-18)22-23(35)26-6-5-25-22/h5-6,12-14,17H,2-4,7-11H2,1H3,(H,26,35)(H2,27,28,29,30,31)/t17-/m0/s1. The van der Waals surface area contributed by atoms with Gasteiger partial charge in [-0.15, -0.1) is 0 Å². The van der Waals surface area contributed by atoms with E-state index in [0.29, 0.717) is 42.3 Å². The number of nitrogens with one attached hydrogen (secondary N) is 3. The SMILES string of the molecule is CCc1cc(Nc2cc(N3CCOCC3)nc(N3CCC[C@H]3c3cc(-c4ncc[nH]c4=O)no3)n2)n[nH]1. The lowest BCUT2D eigenvalue weighted by Gasteiger charge is -2.30. The molecule has 1 atom stereocenters. The number of anilines is 4. The molecule has 0 bridgehead atoms. The van der Waals surface area contributed by atoms with Gasteiger partial charge in [0, 0.05) is 55.9 Å². The third kappa shape index (κ3) is 4.77. The first-order valence-corrected chi connectivity index (χ1v) is 12.5. The number of morpholine rings is 1. The Morgan fingerprint density at radius 3 is 2.84 bits per heavy atom. The van der Waals surface area contributed by atoms with Gasteiger partial charge < -0.3 is 29.4 Å². The normalized spacial score (nSPS) is 17.9. The molecule has 6 heterocycles. The lowest BCUT2D eigenvalue weighted by molar-refractivity contribution is 0.122. The van der Waals surface area contributed by atoms with Crippen molar-refractivity contribution in [1.29, 1.82) is 0 Å². The molecule has 13 heteroatoms. The number of aryl methyl sites for hydroxylation is 1. The van der Waals surface area contributed by atoms with Crippen molar-refractivity contribution < 1.29 is 9.26 Å². The molecule has 2 aliphatic rings. The van der Waals surface area contributed by atoms with Crippen molar-refractivity contribution in [2.24, 2.45) is 0 Å². The number of H-pyrrole nitrogens is 2. The minimum atomic E-state index is -0.313. The molecule has 0 amide bonds. The van der Waals surface area contributed by atoms with Gasteiger partial charge in [0.05, 0.1) is 19.3 Å². The van der Waals surface area contributed by atoms with Crippen molar-refractivity contribution in [3.05, 3.63) is 52.4 Å². The smallest absolute Gasteiger partial charge is 0.276 e. The van der Waals surface area contributed by atoms with Crippen LogP contribution in [0.15, 0.2) is 39.9 Å². The third-order valence-electron chi connectivity index (χ3n) is 6.62. The van der Waals surface area contributed by atoms with Crippen LogP contribution < -0.4 is 20.7 Å². The van der Waals surface area contributed by atoms with Gasteiger partial charge in [0.2, 0.25) is 5.95 Å². The van der Waals surface area contributed by atoms with Crippen LogP contribution in [0.3, 0.4) is 0 Å². The van der Waals surface area contributed by atoms with E-state index in [1.54, 1.807) is 6.07 Å². The molecule has 4 aromatic rings. The highest BCUT2D eigenvalue weighted by atomic mass is 16.5. The zero-order valence-corrected chi connectivity index (χ0v) is 20.5. The average molecular weight is 505 g/mol. The zero-order chi connectivity index (χ0) is 25.2. The fraction of sp³-hybridized carbons (Fsp3) is 0.417. The van der Waals surface area contributed by atoms with Crippen molar-refractivity contribution in [2.75, 3.05) is 48.0 Å². The molecule has 192 valence electrons. The first-order chi connectivity index (χ1) is 18.2. The molecule has 13 nitrogen and oxygen atoms in total. The van der Waals surface area contributed by atoms with Gasteiger partial charge in [0.1, 0.15) is 17.3 Å². The summed E-state index contributed by atoms with van der Waals surface area (Å²) in [7, 11) is 0. The molecular weight excluding hydrogens is 476 g/mol. The van der Waals surface area contributed by atoms with Crippen LogP contribution in [0.4, 0.5) is 23.4 Å². The van der Waals surface area contributed by atoms with Crippen LogP contribution in [0.25, 0.3) is 11.4 Å². The Morgan fingerprint density at radius 2 is 2.03 bits per heavy atom. The first kappa shape index (κ1) is 23.2. The first-order valence-electron chi connectivity index (χ1n) is 12.5. The summed E-state index contributed by atoms with van der Waals surface area (Å²) in [5.41, 5.74) is 1.36. The van der Waals surface area contributed by atoms with E-state index in [1.807, 2.05) is 12.1 Å². The molecule has 3 N–H and O–H groups in total. The molecule has 4 aromatic heterocycles. The quantitative estimate of drug-likeness (QED) is 0.340. The van der Waals surface area contributed by atoms with Gasteiger partial charge in [0.25, 0.3) is 5.56 Å². The molecule has 0 aromatic carbocycles. The van der Waals surface area contributed by atoms with E-state index in [2.05, 4.69) is 47.4 Å². The van der Waals surface area contributed by atoms with Crippen LogP contribution in [0, 0.1) is 0 Å². The summed E-state index contributed by atoms with van der Waals surface area (Å²) in [4.78, 5) is 33.1. The lowest BCUT2D eigenvalue weighted by Crippen LogP contribution is -2.37. The van der Waals surface area contributed by atoms with Crippen molar-refractivity contribution in [2.45, 2.75) is 32.2 Å². The lowest BCUT2D eigenvalue weighted by atomic mass is 10.1. The van der Waals surface area contributed by atoms with E-state index in [-0.39, 0.29) is 17.3 Å². The van der Waals surface area contributed by atoms with Gasteiger partial charge in [-0.05, 0) is 19.3 Å². The minimum absolute atomic E-state index is 0.117. The number of nitrogens with zero attached hydrogens (tertiary/aromatic N) is 7. The molecule has 2 fully saturated rings. The summed E-state index contributed by atoms with van der Waals surface area (Å²) in [5, 5.41) is 14.8. The van der Waals surface area contributed by atoms with Crippen molar-refractivity contribution >= 4 is 23.4 Å². The monoisotopic (exact) mass is 504 g/mol. The molecule has 0 unspecified atom stereocenters. The number of ether oxygens (including phenoxy) is 1. The maximum Gasteiger partial charge on any atom is 0.276 e. The summed E-state index contributed by atoms with van der Waals surface area (Å²) in [6.45, 7) is 5.65. The second kappa shape index (κ2) is 10.0. The predicted molar refractivity (Wildman–Crippen MR) is 136 cm³/mol. The van der Waals surface area contributed by atoms with Gasteiger partial charge in [0.15, 0.2) is 17.3 Å². The van der Waals surface area contributed by atoms with Crippen LogP contribution >= 0.6 is 0 Å². The molecule has 6 rings (SSSR count). The second-order valence-electron chi connectivity index (χ2n) is 9.00. The highest BCUT2D eigenvalue weighted by Gasteiger charge is 2.32. The minimum Gasteiger partial charge on any atom is -0.378 e. The van der Waals surface area contributed by atoms with Gasteiger partial charge in [-0.1, -0.05) is 12.1 Å². The van der Waals surface area contributed by atoms with Gasteiger partial charge in [-0.2, -0.15) is 15.1 Å². The number of hydrogen-bond acceptors (Lipinski definition) is 11. The number of hydrogen-bond donors (Lipinski definition) is 3. The van der Waals surface area contributed by atoms with Gasteiger partial charge in [-0.25, -0.2) is 4.98 Å². The Balaban J connectivity index is 1.33. The topological polar surface area (TPSA) is 154 Å². The Labute approximate surface area is 212 Å². The van der Waals surface area contributed by atoms with E-state index in [4.69, 9.17) is 19.2 Å². The highest BCUT2D eigenvalue weighted by Crippen LogP contribution is 2.37. The summed E-state index contributed by atoms with van der Waals surface area (Å²) in [6.07, 6.45) is 5.66. The summed E-state index contributed by atoms with van der Waals surface area (Å²) < 4.78 is 11.2. The van der Waals surface area contributed by atoms with Crippen LogP contribution in [-0.4, -0.2) is 68.1 Å². The fourth-order valence-corrected chi connectivity index (χ4v) is 4.70. The largest absolute Gasteiger partial charge is 0.378 e. The van der Waals surface area contributed by atoms with Crippen molar-refractivity contribution in [1.82, 2.24) is 35.3 Å². The summed E-state index contributed by atoms with van der Waals surface area (Å²) >= 11 is 0. The van der Waals surface area contributed by atoms with Gasteiger partial charge in [-0.3, -0.25) is 9.89 Å². The van der Waals surface area contributed by atoms with E-state index in [9.17, 15) is 4.79 Å². The van der Waals surface area contributed by atoms with Crippen LogP contribution in [0.5, 0.6) is 0 Å². The molecule has 0 spiro atoms. The number of aromatic nitrogens is 7. The van der Waals surface area contributed by atoms with Crippen LogP contribution in [0.1, 0.15) is 37.3 Å². The summed E-state index contributed by atoms with van der Waals surface area (Å²) in [5.74, 6) is 3.42. The molecule has 2 aliphatic heterocycles. The number of aromatic amines is 2. The molecule has 0 saturated carbocycles. The van der Waals surface area contributed by atoms with E-state index in [0.717, 1.165) is 50.4 Å². The second-order valence-corrected chi connectivity index (χ2v) is 9.00. The molecule has 37 heavy (non-hydrogen) atoms. The Bertz CT molecular complexity index is 1420. The highest BCUT2D eigenvalue weighted by molar-refractivity contribution is 5.61. The average Bonchev–Trinajstić information content (AvgIpc) is 3.70. The molecular formula is C24H28N10O3. The Kier molecular flexibility index (Phi) is 6.26. The Morgan fingerprint density at radius 1 is 1.14 bits per heavy atom. The van der Waals surface area contributed by atoms with E-state index in [1.165, 1.54) is 12.4 Å². The fourth-order valence-electron chi connectivity index (χ4n) is 4.70. The van der Waals surface area contributed by atoms with Crippen LogP contribution in [0.2, 0.25) is 0 Å². The Hall–Kier alpha value is -4.26.